The van der Waals surface area contributed by atoms with Crippen molar-refractivity contribution in [1.29, 1.82) is 0 Å². The third-order valence-corrected chi connectivity index (χ3v) is 3.21. The van der Waals surface area contributed by atoms with Crippen LogP contribution in [-0.4, -0.2) is 6.79 Å². The minimum Gasteiger partial charge on any atom is -0.454 e. The number of hydrogen-bond acceptors (Lipinski definition) is 2. The highest BCUT2D eigenvalue weighted by Gasteiger charge is 2.11. The Balaban J connectivity index is 1.92. The van der Waals surface area contributed by atoms with Gasteiger partial charge in [0.2, 0.25) is 6.79 Å². The van der Waals surface area contributed by atoms with Crippen molar-refractivity contribution < 1.29 is 9.47 Å². The molecule has 19 heavy (non-hydrogen) atoms. The second-order valence-corrected chi connectivity index (χ2v) is 4.88. The van der Waals surface area contributed by atoms with E-state index in [1.807, 2.05) is 18.2 Å². The lowest BCUT2D eigenvalue weighted by molar-refractivity contribution is 0.174. The number of rotatable bonds is 4. The van der Waals surface area contributed by atoms with Crippen LogP contribution in [0.3, 0.4) is 0 Å². The van der Waals surface area contributed by atoms with E-state index in [1.54, 1.807) is 0 Å². The minimum atomic E-state index is 0.324. The van der Waals surface area contributed by atoms with Crippen molar-refractivity contribution in [2.75, 3.05) is 6.79 Å². The van der Waals surface area contributed by atoms with E-state index >= 15 is 0 Å². The maximum absolute atomic E-state index is 5.34. The molecule has 1 aliphatic rings. The zero-order valence-electron chi connectivity index (χ0n) is 11.8. The highest BCUT2D eigenvalue weighted by Crippen LogP contribution is 2.32. The second-order valence-electron chi connectivity index (χ2n) is 4.88. The van der Waals surface area contributed by atoms with Gasteiger partial charge < -0.3 is 9.47 Å². The summed E-state index contributed by atoms with van der Waals surface area (Å²) < 4.78 is 10.6. The summed E-state index contributed by atoms with van der Waals surface area (Å²) in [6.45, 7) is 6.78. The number of ether oxygens (including phenoxy) is 2. The first-order chi connectivity index (χ1) is 9.16. The van der Waals surface area contributed by atoms with Gasteiger partial charge >= 0.3 is 0 Å². The molecule has 2 nitrogen and oxygen atoms in total. The smallest absolute Gasteiger partial charge is 0.231 e. The van der Waals surface area contributed by atoms with Crippen LogP contribution in [0, 0.1) is 0 Å². The van der Waals surface area contributed by atoms with Gasteiger partial charge in [0.25, 0.3) is 0 Å². The molecule has 1 aromatic carbocycles. The number of hydrogen-bond donors (Lipinski definition) is 0. The Morgan fingerprint density at radius 3 is 2.68 bits per heavy atom. The quantitative estimate of drug-likeness (QED) is 0.572. The molecule has 0 fully saturated rings. The van der Waals surface area contributed by atoms with E-state index in [9.17, 15) is 0 Å². The highest BCUT2D eigenvalue weighted by molar-refractivity contribution is 5.57. The SMILES string of the molecule is CC(C)=C(C)C/C=C/C=C/c1ccc2c(c1)OCO2. The first-order valence-electron chi connectivity index (χ1n) is 6.52. The van der Waals surface area contributed by atoms with Gasteiger partial charge in [0.05, 0.1) is 0 Å². The molecular formula is C17H20O2. The van der Waals surface area contributed by atoms with Crippen molar-refractivity contribution in [3.8, 4) is 11.5 Å². The Morgan fingerprint density at radius 1 is 1.11 bits per heavy atom. The van der Waals surface area contributed by atoms with Crippen molar-refractivity contribution in [1.82, 2.24) is 0 Å². The minimum absolute atomic E-state index is 0.324. The Kier molecular flexibility index (Phi) is 4.45. The van der Waals surface area contributed by atoms with Gasteiger partial charge in [-0.3, -0.25) is 0 Å². The van der Waals surface area contributed by atoms with Gasteiger partial charge in [-0.1, -0.05) is 41.5 Å². The Bertz CT molecular complexity index is 532. The summed E-state index contributed by atoms with van der Waals surface area (Å²) >= 11 is 0. The Morgan fingerprint density at radius 2 is 1.89 bits per heavy atom. The fraction of sp³-hybridized carbons (Fsp3) is 0.294. The van der Waals surface area contributed by atoms with Crippen molar-refractivity contribution in [3.05, 3.63) is 53.1 Å². The predicted molar refractivity (Wildman–Crippen MR) is 79.4 cm³/mol. The van der Waals surface area contributed by atoms with Gasteiger partial charge in [-0.05, 0) is 44.9 Å². The average Bonchev–Trinajstić information content (AvgIpc) is 2.85. The predicted octanol–water partition coefficient (Wildman–Crippen LogP) is 4.73. The molecule has 2 heteroatoms. The van der Waals surface area contributed by atoms with Crippen molar-refractivity contribution in [2.24, 2.45) is 0 Å². The van der Waals surface area contributed by atoms with Crippen LogP contribution in [0.5, 0.6) is 11.5 Å². The molecular weight excluding hydrogens is 236 g/mol. The molecule has 0 saturated carbocycles. The van der Waals surface area contributed by atoms with Crippen LogP contribution in [0.25, 0.3) is 6.08 Å². The van der Waals surface area contributed by atoms with Gasteiger partial charge in [0, 0.05) is 0 Å². The van der Waals surface area contributed by atoms with Gasteiger partial charge in [-0.2, -0.15) is 0 Å². The first kappa shape index (κ1) is 13.5. The standard InChI is InChI=1S/C17H20O2/c1-13(2)14(3)7-5-4-6-8-15-9-10-16-17(11-15)19-12-18-16/h4-6,8-11H,7,12H2,1-3H3/b5-4+,8-6+. The molecule has 1 aliphatic heterocycles. The zero-order valence-corrected chi connectivity index (χ0v) is 11.8. The summed E-state index contributed by atoms with van der Waals surface area (Å²) in [5.41, 5.74) is 3.94. The van der Waals surface area contributed by atoms with Crippen molar-refractivity contribution >= 4 is 6.08 Å². The lowest BCUT2D eigenvalue weighted by Crippen LogP contribution is -1.92. The summed E-state index contributed by atoms with van der Waals surface area (Å²) in [5.74, 6) is 1.65. The lowest BCUT2D eigenvalue weighted by atomic mass is 10.1. The topological polar surface area (TPSA) is 18.5 Å². The molecule has 2 rings (SSSR count). The summed E-state index contributed by atoms with van der Waals surface area (Å²) in [6.07, 6.45) is 9.38. The van der Waals surface area contributed by atoms with Crippen molar-refractivity contribution in [2.45, 2.75) is 27.2 Å². The molecule has 0 N–H and O–H groups in total. The fourth-order valence-corrected chi connectivity index (χ4v) is 1.71. The second kappa shape index (κ2) is 6.28. The van der Waals surface area contributed by atoms with Gasteiger partial charge in [-0.15, -0.1) is 0 Å². The molecule has 1 aromatic rings. The Labute approximate surface area is 115 Å². The molecule has 0 atom stereocenters. The molecule has 1 heterocycles. The van der Waals surface area contributed by atoms with E-state index < -0.39 is 0 Å². The summed E-state index contributed by atoms with van der Waals surface area (Å²) in [6, 6.07) is 5.96. The molecule has 0 bridgehead atoms. The van der Waals surface area contributed by atoms with Crippen LogP contribution in [0.4, 0.5) is 0 Å². The first-order valence-corrected chi connectivity index (χ1v) is 6.52. The average molecular weight is 256 g/mol. The zero-order chi connectivity index (χ0) is 13.7. The third-order valence-electron chi connectivity index (χ3n) is 3.21. The molecule has 0 saturated heterocycles. The van der Waals surface area contributed by atoms with Crippen LogP contribution in [0.15, 0.2) is 47.6 Å². The van der Waals surface area contributed by atoms with Crippen LogP contribution in [0.2, 0.25) is 0 Å². The maximum atomic E-state index is 5.34. The molecule has 0 spiro atoms. The lowest BCUT2D eigenvalue weighted by Gasteiger charge is -1.98. The normalized spacial score (nSPS) is 13.4. The largest absolute Gasteiger partial charge is 0.454 e. The number of fused-ring (bicyclic) bond motifs is 1. The van der Waals surface area contributed by atoms with Crippen LogP contribution in [-0.2, 0) is 0 Å². The van der Waals surface area contributed by atoms with Gasteiger partial charge in [0.15, 0.2) is 11.5 Å². The van der Waals surface area contributed by atoms with Gasteiger partial charge in [-0.25, -0.2) is 0 Å². The van der Waals surface area contributed by atoms with Crippen molar-refractivity contribution in [3.63, 3.8) is 0 Å². The fourth-order valence-electron chi connectivity index (χ4n) is 1.71. The van der Waals surface area contributed by atoms with E-state index in [4.69, 9.17) is 9.47 Å². The molecule has 0 unspecified atom stereocenters. The van der Waals surface area contributed by atoms with E-state index in [1.165, 1.54) is 11.1 Å². The van der Waals surface area contributed by atoms with E-state index in [-0.39, 0.29) is 0 Å². The van der Waals surface area contributed by atoms with Crippen LogP contribution < -0.4 is 9.47 Å². The highest BCUT2D eigenvalue weighted by atomic mass is 16.7. The molecule has 0 amide bonds. The molecule has 100 valence electrons. The van der Waals surface area contributed by atoms with E-state index in [0.29, 0.717) is 6.79 Å². The molecule has 0 aliphatic carbocycles. The van der Waals surface area contributed by atoms with Crippen LogP contribution in [0.1, 0.15) is 32.8 Å². The number of benzene rings is 1. The molecule has 0 radical (unpaired) electrons. The summed E-state index contributed by atoms with van der Waals surface area (Å²) in [4.78, 5) is 0. The maximum Gasteiger partial charge on any atom is 0.231 e. The third kappa shape index (κ3) is 3.75. The number of allylic oxidation sites excluding steroid dienone is 5. The summed E-state index contributed by atoms with van der Waals surface area (Å²) in [5, 5.41) is 0. The van der Waals surface area contributed by atoms with Gasteiger partial charge in [0.1, 0.15) is 0 Å². The Hall–Kier alpha value is -1.96. The van der Waals surface area contributed by atoms with E-state index in [2.05, 4.69) is 45.1 Å². The van der Waals surface area contributed by atoms with E-state index in [0.717, 1.165) is 23.5 Å². The summed E-state index contributed by atoms with van der Waals surface area (Å²) in [7, 11) is 0. The molecule has 0 aromatic heterocycles. The monoisotopic (exact) mass is 256 g/mol. The van der Waals surface area contributed by atoms with Crippen LogP contribution >= 0.6 is 0 Å².